The summed E-state index contributed by atoms with van der Waals surface area (Å²) in [5.41, 5.74) is 1.84. The zero-order valence-electron chi connectivity index (χ0n) is 17.7. The molecular weight excluding hydrogens is 336 g/mol. The molecule has 4 aliphatic carbocycles. The molecule has 152 valence electrons. The van der Waals surface area contributed by atoms with Gasteiger partial charge < -0.3 is 9.90 Å². The molecule has 3 fully saturated rings. The molecule has 3 nitrogen and oxygen atoms in total. The average Bonchev–Trinajstić information content (AvgIpc) is 2.90. The van der Waals surface area contributed by atoms with Crippen LogP contribution < -0.4 is 0 Å². The van der Waals surface area contributed by atoms with Crippen molar-refractivity contribution in [3.8, 4) is 0 Å². The normalized spacial score (nSPS) is 42.3. The predicted octanol–water partition coefficient (Wildman–Crippen LogP) is 5.28. The Morgan fingerprint density at radius 3 is 2.44 bits per heavy atom. The highest BCUT2D eigenvalue weighted by atomic mass is 16.3. The molecule has 1 N–H and O–H groups in total. The van der Waals surface area contributed by atoms with Crippen molar-refractivity contribution in [2.45, 2.75) is 84.7 Å². The van der Waals surface area contributed by atoms with E-state index in [0.717, 1.165) is 50.0 Å². The Balaban J connectivity index is 0.000000614. The van der Waals surface area contributed by atoms with Gasteiger partial charge in [0, 0.05) is 11.8 Å². The number of allylic oxidation sites excluding steroid dienone is 1. The minimum Gasteiger partial charge on any atom is -0.385 e. The molecule has 3 saturated carbocycles. The molecule has 0 radical (unpaired) electrons. The number of hydrogen-bond donors (Lipinski definition) is 1. The van der Waals surface area contributed by atoms with Crippen LogP contribution in [0.15, 0.2) is 23.8 Å². The van der Waals surface area contributed by atoms with Crippen LogP contribution in [0, 0.1) is 29.1 Å². The van der Waals surface area contributed by atoms with E-state index in [-0.39, 0.29) is 5.41 Å². The molecule has 0 aliphatic heterocycles. The van der Waals surface area contributed by atoms with Crippen LogP contribution in [0.3, 0.4) is 0 Å². The highest BCUT2D eigenvalue weighted by Crippen LogP contribution is 2.67. The molecule has 0 aromatic heterocycles. The number of fused-ring (bicyclic) bond motifs is 5. The number of carbonyl (C=O) groups is 2. The van der Waals surface area contributed by atoms with Gasteiger partial charge in [-0.1, -0.05) is 32.9 Å². The zero-order chi connectivity index (χ0) is 20.4. The highest BCUT2D eigenvalue weighted by molar-refractivity contribution is 5.91. The number of carbonyl (C=O) groups excluding carboxylic acids is 2. The van der Waals surface area contributed by atoms with E-state index in [1.807, 2.05) is 33.6 Å². The number of rotatable bonds is 1. The summed E-state index contributed by atoms with van der Waals surface area (Å²) in [6, 6.07) is 0. The first-order valence-corrected chi connectivity index (χ1v) is 10.8. The number of hydrogen-bond acceptors (Lipinski definition) is 3. The first-order valence-electron chi connectivity index (χ1n) is 10.8. The standard InChI is InChI=1S/C21H30O2.C2H6.CH2O/c1-4-21-10-9-17-16-8-6-15(22)12-14(16)5-7-18(17)19(21)11-13(2)20(21,3)23;2*1-2/h12,16-19,23H,2,4-11H2,1,3H3;1-2H3;1H2/t16?,17?,18?,19?,20-,21?;;/m0../s1. The molecule has 0 aromatic rings. The van der Waals surface area contributed by atoms with Crippen molar-refractivity contribution in [1.29, 1.82) is 0 Å². The second kappa shape index (κ2) is 8.43. The maximum atomic E-state index is 11.8. The quantitative estimate of drug-likeness (QED) is 0.636. The molecule has 0 heterocycles. The Bertz CT molecular complexity index is 603. The van der Waals surface area contributed by atoms with Crippen LogP contribution in [0.4, 0.5) is 0 Å². The number of aliphatic hydroxyl groups is 1. The summed E-state index contributed by atoms with van der Waals surface area (Å²) in [6.45, 7) is 14.5. The number of ketones is 1. The minimum atomic E-state index is -0.698. The topological polar surface area (TPSA) is 54.4 Å². The third kappa shape index (κ3) is 3.26. The van der Waals surface area contributed by atoms with Crippen molar-refractivity contribution in [2.24, 2.45) is 29.1 Å². The van der Waals surface area contributed by atoms with Gasteiger partial charge in [-0.25, -0.2) is 0 Å². The monoisotopic (exact) mass is 374 g/mol. The Morgan fingerprint density at radius 2 is 1.81 bits per heavy atom. The Kier molecular flexibility index (Phi) is 6.89. The van der Waals surface area contributed by atoms with Gasteiger partial charge in [0.25, 0.3) is 0 Å². The van der Waals surface area contributed by atoms with Crippen LogP contribution >= 0.6 is 0 Å². The van der Waals surface area contributed by atoms with E-state index in [9.17, 15) is 9.90 Å². The second-order valence-corrected chi connectivity index (χ2v) is 8.73. The van der Waals surface area contributed by atoms with E-state index in [1.54, 1.807) is 0 Å². The summed E-state index contributed by atoms with van der Waals surface area (Å²) in [4.78, 5) is 19.8. The Morgan fingerprint density at radius 1 is 1.15 bits per heavy atom. The predicted molar refractivity (Wildman–Crippen MR) is 110 cm³/mol. The van der Waals surface area contributed by atoms with Crippen molar-refractivity contribution in [2.75, 3.05) is 0 Å². The molecule has 4 rings (SSSR count). The molecule has 0 saturated heterocycles. The maximum absolute atomic E-state index is 11.8. The van der Waals surface area contributed by atoms with Gasteiger partial charge in [0.15, 0.2) is 5.78 Å². The first kappa shape index (κ1) is 22.1. The molecule has 0 amide bonds. The van der Waals surface area contributed by atoms with E-state index in [1.165, 1.54) is 18.4 Å². The molecule has 4 aliphatic rings. The van der Waals surface area contributed by atoms with Gasteiger partial charge in [-0.05, 0) is 87.2 Å². The third-order valence-corrected chi connectivity index (χ3v) is 8.26. The van der Waals surface area contributed by atoms with Gasteiger partial charge >= 0.3 is 0 Å². The van der Waals surface area contributed by atoms with Crippen LogP contribution in [0.5, 0.6) is 0 Å². The summed E-state index contributed by atoms with van der Waals surface area (Å²) in [7, 11) is 0. The molecule has 5 unspecified atom stereocenters. The SMILES string of the molecule is C=C1CC2C3CCC4=CC(=O)CCC4C3CCC2(CC)[C@@]1(C)O.C=O.CC. The summed E-state index contributed by atoms with van der Waals surface area (Å²) in [6.07, 6.45) is 10.5. The van der Waals surface area contributed by atoms with Crippen molar-refractivity contribution in [1.82, 2.24) is 0 Å². The lowest BCUT2D eigenvalue weighted by Crippen LogP contribution is -2.53. The van der Waals surface area contributed by atoms with Gasteiger partial charge in [-0.15, -0.1) is 0 Å². The molecule has 0 spiro atoms. The van der Waals surface area contributed by atoms with Crippen LogP contribution in [-0.2, 0) is 9.59 Å². The van der Waals surface area contributed by atoms with Crippen molar-refractivity contribution in [3.63, 3.8) is 0 Å². The van der Waals surface area contributed by atoms with E-state index < -0.39 is 5.60 Å². The molecule has 0 bridgehead atoms. The molecule has 27 heavy (non-hydrogen) atoms. The fourth-order valence-corrected chi connectivity index (χ4v) is 6.95. The van der Waals surface area contributed by atoms with Crippen molar-refractivity contribution in [3.05, 3.63) is 23.8 Å². The second-order valence-electron chi connectivity index (χ2n) is 8.73. The van der Waals surface area contributed by atoms with Crippen LogP contribution in [-0.4, -0.2) is 23.3 Å². The maximum Gasteiger partial charge on any atom is 0.155 e. The van der Waals surface area contributed by atoms with E-state index >= 15 is 0 Å². The van der Waals surface area contributed by atoms with Gasteiger partial charge in [0.2, 0.25) is 0 Å². The van der Waals surface area contributed by atoms with Gasteiger partial charge in [-0.2, -0.15) is 0 Å². The van der Waals surface area contributed by atoms with Crippen molar-refractivity contribution < 1.29 is 14.7 Å². The summed E-state index contributed by atoms with van der Waals surface area (Å²) >= 11 is 0. The van der Waals surface area contributed by atoms with E-state index in [0.29, 0.717) is 23.5 Å². The van der Waals surface area contributed by atoms with Gasteiger partial charge in [0.05, 0.1) is 5.60 Å². The van der Waals surface area contributed by atoms with Crippen molar-refractivity contribution >= 4 is 12.6 Å². The van der Waals surface area contributed by atoms with Crippen LogP contribution in [0.1, 0.15) is 79.1 Å². The largest absolute Gasteiger partial charge is 0.385 e. The van der Waals surface area contributed by atoms with Gasteiger partial charge in [0.1, 0.15) is 6.79 Å². The highest BCUT2D eigenvalue weighted by Gasteiger charge is 2.63. The summed E-state index contributed by atoms with van der Waals surface area (Å²) in [5.74, 6) is 3.01. The molecular formula is C24H38O3. The lowest BCUT2D eigenvalue weighted by Gasteiger charge is -2.56. The van der Waals surface area contributed by atoms with Crippen LogP contribution in [0.2, 0.25) is 0 Å². The lowest BCUT2D eigenvalue weighted by atomic mass is 9.49. The van der Waals surface area contributed by atoms with E-state index in [4.69, 9.17) is 4.79 Å². The Labute approximate surface area is 165 Å². The van der Waals surface area contributed by atoms with Crippen LogP contribution in [0.25, 0.3) is 0 Å². The van der Waals surface area contributed by atoms with Gasteiger partial charge in [-0.3, -0.25) is 4.79 Å². The molecule has 6 atom stereocenters. The molecule has 0 aromatic carbocycles. The fourth-order valence-electron chi connectivity index (χ4n) is 6.95. The lowest BCUT2D eigenvalue weighted by molar-refractivity contribution is -0.118. The third-order valence-electron chi connectivity index (χ3n) is 8.26. The fraction of sp³-hybridized carbons (Fsp3) is 0.750. The minimum absolute atomic E-state index is 0.0386. The first-order chi connectivity index (χ1) is 12.9. The Hall–Kier alpha value is -1.22. The molecule has 3 heteroatoms. The zero-order valence-corrected chi connectivity index (χ0v) is 17.7. The summed E-state index contributed by atoms with van der Waals surface area (Å²) < 4.78 is 0. The van der Waals surface area contributed by atoms with E-state index in [2.05, 4.69) is 13.5 Å². The smallest absolute Gasteiger partial charge is 0.155 e. The summed E-state index contributed by atoms with van der Waals surface area (Å²) in [5, 5.41) is 11.2. The average molecular weight is 375 g/mol.